The van der Waals surface area contributed by atoms with Gasteiger partial charge in [0.2, 0.25) is 0 Å². The molecule has 7 heteroatoms. The van der Waals surface area contributed by atoms with E-state index in [4.69, 9.17) is 4.74 Å². The van der Waals surface area contributed by atoms with Crippen molar-refractivity contribution >= 4 is 21.7 Å². The van der Waals surface area contributed by atoms with Crippen LogP contribution in [0.3, 0.4) is 0 Å². The molecular formula is C17H16BrF2NO3. The molecule has 1 heterocycles. The van der Waals surface area contributed by atoms with Crippen LogP contribution in [-0.2, 0) is 17.7 Å². The lowest BCUT2D eigenvalue weighted by molar-refractivity contribution is 0.0845. The highest BCUT2D eigenvalue weighted by Gasteiger charge is 2.21. The zero-order chi connectivity index (χ0) is 17.9. The normalized spacial score (nSPS) is 10.9. The number of hydrogen-bond acceptors (Lipinski definition) is 3. The number of nitrogens with zero attached hydrogens (tertiary/aromatic N) is 1. The molecule has 0 N–H and O–H groups in total. The van der Waals surface area contributed by atoms with Crippen LogP contribution in [0.1, 0.15) is 28.4 Å². The lowest BCUT2D eigenvalue weighted by Crippen LogP contribution is -2.27. The predicted octanol–water partition coefficient (Wildman–Crippen LogP) is 3.33. The van der Waals surface area contributed by atoms with Crippen molar-refractivity contribution in [1.29, 1.82) is 0 Å². The summed E-state index contributed by atoms with van der Waals surface area (Å²) >= 11 is 3.15. The van der Waals surface area contributed by atoms with E-state index in [0.29, 0.717) is 4.47 Å². The van der Waals surface area contributed by atoms with Gasteiger partial charge in [-0.15, -0.1) is 0 Å². The van der Waals surface area contributed by atoms with Crippen LogP contribution in [0.15, 0.2) is 33.7 Å². The van der Waals surface area contributed by atoms with Gasteiger partial charge < -0.3 is 9.30 Å². The van der Waals surface area contributed by atoms with E-state index in [1.165, 1.54) is 25.4 Å². The first-order chi connectivity index (χ1) is 11.4. The monoisotopic (exact) mass is 399 g/mol. The summed E-state index contributed by atoms with van der Waals surface area (Å²) in [4.78, 5) is 24.2. The van der Waals surface area contributed by atoms with E-state index in [1.54, 1.807) is 13.0 Å². The third kappa shape index (κ3) is 3.79. The van der Waals surface area contributed by atoms with Crippen molar-refractivity contribution in [3.63, 3.8) is 0 Å². The van der Waals surface area contributed by atoms with Gasteiger partial charge >= 0.3 is 0 Å². The Morgan fingerprint density at radius 2 is 2.04 bits per heavy atom. The number of aromatic nitrogens is 1. The number of ether oxygens (including phenoxy) is 1. The lowest BCUT2D eigenvalue weighted by atomic mass is 9.98. The molecule has 1 aromatic carbocycles. The second-order valence-electron chi connectivity index (χ2n) is 5.20. The number of carbonyl (C=O) groups excluding carboxylic acids is 1. The van der Waals surface area contributed by atoms with Gasteiger partial charge in [0, 0.05) is 41.9 Å². The average Bonchev–Trinajstić information content (AvgIpc) is 2.54. The molecule has 0 aliphatic rings. The van der Waals surface area contributed by atoms with E-state index >= 15 is 0 Å². The number of Topliss-reactive ketones (excluding diaryl/α,β-unsaturated/α-hetero) is 1. The number of rotatable bonds is 6. The van der Waals surface area contributed by atoms with E-state index in [-0.39, 0.29) is 36.3 Å². The standard InChI is InChI=1S/C17H16BrF2NO3/c1-3-21-8-13(15(22)9-24-2)12(16(20)17(21)23)6-10-4-5-11(18)7-14(10)19/h4-5,7-8H,3,6,9H2,1-2H3. The topological polar surface area (TPSA) is 48.3 Å². The van der Waals surface area contributed by atoms with E-state index < -0.39 is 23.0 Å². The summed E-state index contributed by atoms with van der Waals surface area (Å²) < 4.78 is 35.1. The van der Waals surface area contributed by atoms with Gasteiger partial charge in [0.05, 0.1) is 0 Å². The first-order valence-electron chi connectivity index (χ1n) is 7.26. The summed E-state index contributed by atoms with van der Waals surface area (Å²) in [5.74, 6) is -2.05. The molecule has 1 aromatic heterocycles. The van der Waals surface area contributed by atoms with Crippen LogP contribution in [0.4, 0.5) is 8.78 Å². The zero-order valence-electron chi connectivity index (χ0n) is 13.2. The molecule has 2 aromatic rings. The van der Waals surface area contributed by atoms with E-state index in [9.17, 15) is 18.4 Å². The Labute approximate surface area is 146 Å². The number of ketones is 1. The van der Waals surface area contributed by atoms with Crippen LogP contribution >= 0.6 is 15.9 Å². The van der Waals surface area contributed by atoms with Gasteiger partial charge in [-0.3, -0.25) is 9.59 Å². The first kappa shape index (κ1) is 18.5. The molecule has 0 unspecified atom stereocenters. The molecule has 0 aliphatic heterocycles. The number of halogens is 3. The highest BCUT2D eigenvalue weighted by Crippen LogP contribution is 2.21. The number of methoxy groups -OCH3 is 1. The van der Waals surface area contributed by atoms with Crippen LogP contribution in [0.5, 0.6) is 0 Å². The zero-order valence-corrected chi connectivity index (χ0v) is 14.8. The van der Waals surface area contributed by atoms with E-state index in [1.807, 2.05) is 0 Å². The number of benzene rings is 1. The molecule has 24 heavy (non-hydrogen) atoms. The first-order valence-corrected chi connectivity index (χ1v) is 8.06. The summed E-state index contributed by atoms with van der Waals surface area (Å²) in [5, 5.41) is 0. The maximum atomic E-state index is 14.5. The van der Waals surface area contributed by atoms with Crippen molar-refractivity contribution in [2.45, 2.75) is 19.9 Å². The van der Waals surface area contributed by atoms with E-state index in [2.05, 4.69) is 15.9 Å². The highest BCUT2D eigenvalue weighted by atomic mass is 79.9. The molecule has 4 nitrogen and oxygen atoms in total. The third-order valence-corrected chi connectivity index (χ3v) is 4.12. The quantitative estimate of drug-likeness (QED) is 0.699. The van der Waals surface area contributed by atoms with Crippen LogP contribution < -0.4 is 5.56 Å². The smallest absolute Gasteiger partial charge is 0.286 e. The number of aryl methyl sites for hydroxylation is 1. The number of carbonyl (C=O) groups is 1. The van der Waals surface area contributed by atoms with Gasteiger partial charge in [-0.2, -0.15) is 0 Å². The second kappa shape index (κ2) is 7.81. The van der Waals surface area contributed by atoms with Crippen molar-refractivity contribution in [1.82, 2.24) is 4.57 Å². The lowest BCUT2D eigenvalue weighted by Gasteiger charge is -2.13. The van der Waals surface area contributed by atoms with Crippen molar-refractivity contribution in [2.75, 3.05) is 13.7 Å². The van der Waals surface area contributed by atoms with Crippen LogP contribution in [-0.4, -0.2) is 24.1 Å². The predicted molar refractivity (Wildman–Crippen MR) is 89.4 cm³/mol. The molecule has 0 bridgehead atoms. The SMILES string of the molecule is CCn1cc(C(=O)COC)c(Cc2ccc(Br)cc2F)c(F)c1=O. The van der Waals surface area contributed by atoms with Crippen molar-refractivity contribution in [3.05, 3.63) is 67.5 Å². The molecule has 0 amide bonds. The largest absolute Gasteiger partial charge is 0.377 e. The number of pyridine rings is 1. The average molecular weight is 400 g/mol. The molecule has 0 radical (unpaired) electrons. The van der Waals surface area contributed by atoms with Gasteiger partial charge in [-0.05, 0) is 24.6 Å². The van der Waals surface area contributed by atoms with E-state index in [0.717, 1.165) is 4.57 Å². The maximum absolute atomic E-state index is 14.5. The second-order valence-corrected chi connectivity index (χ2v) is 6.11. The van der Waals surface area contributed by atoms with Crippen LogP contribution in [0.2, 0.25) is 0 Å². The molecule has 0 fully saturated rings. The van der Waals surface area contributed by atoms with Crippen molar-refractivity contribution in [3.8, 4) is 0 Å². The Kier molecular flexibility index (Phi) is 6.01. The minimum atomic E-state index is -1.04. The Morgan fingerprint density at radius 3 is 2.62 bits per heavy atom. The Hall–Kier alpha value is -1.86. The molecule has 0 saturated heterocycles. The Morgan fingerprint density at radius 1 is 1.33 bits per heavy atom. The highest BCUT2D eigenvalue weighted by molar-refractivity contribution is 9.10. The molecule has 2 rings (SSSR count). The van der Waals surface area contributed by atoms with Gasteiger partial charge in [0.15, 0.2) is 11.6 Å². The minimum absolute atomic E-state index is 0.0260. The van der Waals surface area contributed by atoms with Crippen LogP contribution in [0.25, 0.3) is 0 Å². The molecule has 0 spiro atoms. The minimum Gasteiger partial charge on any atom is -0.377 e. The van der Waals surface area contributed by atoms with Crippen molar-refractivity contribution < 1.29 is 18.3 Å². The summed E-state index contributed by atoms with van der Waals surface area (Å²) in [7, 11) is 1.35. The number of hydrogen-bond donors (Lipinski definition) is 0. The van der Waals surface area contributed by atoms with Crippen LogP contribution in [0, 0.1) is 11.6 Å². The summed E-state index contributed by atoms with van der Waals surface area (Å²) in [6.07, 6.45) is 1.11. The summed E-state index contributed by atoms with van der Waals surface area (Å²) in [5.41, 5.74) is -0.734. The molecule has 0 saturated carbocycles. The van der Waals surface area contributed by atoms with Crippen molar-refractivity contribution in [2.24, 2.45) is 0 Å². The maximum Gasteiger partial charge on any atom is 0.286 e. The fourth-order valence-corrected chi connectivity index (χ4v) is 2.71. The molecule has 0 atom stereocenters. The summed E-state index contributed by atoms with van der Waals surface area (Å²) in [6.45, 7) is 1.63. The van der Waals surface area contributed by atoms with Gasteiger partial charge in [-0.25, -0.2) is 8.78 Å². The van der Waals surface area contributed by atoms with Gasteiger partial charge in [0.1, 0.15) is 12.4 Å². The molecule has 0 aliphatic carbocycles. The fourth-order valence-electron chi connectivity index (χ4n) is 2.38. The molecule has 128 valence electrons. The fraction of sp³-hybridized carbons (Fsp3) is 0.294. The Balaban J connectivity index is 2.60. The Bertz CT molecular complexity index is 833. The van der Waals surface area contributed by atoms with Gasteiger partial charge in [-0.1, -0.05) is 22.0 Å². The summed E-state index contributed by atoms with van der Waals surface area (Å²) in [6, 6.07) is 4.34. The molecular weight excluding hydrogens is 384 g/mol. The third-order valence-electron chi connectivity index (χ3n) is 3.62. The van der Waals surface area contributed by atoms with Gasteiger partial charge in [0.25, 0.3) is 5.56 Å².